The van der Waals surface area contributed by atoms with Crippen LogP contribution in [0.1, 0.15) is 46.9 Å². The van der Waals surface area contributed by atoms with Crippen molar-refractivity contribution in [3.8, 4) is 23.1 Å². The number of morpholine rings is 1. The van der Waals surface area contributed by atoms with Gasteiger partial charge in [0.05, 0.1) is 30.2 Å². The van der Waals surface area contributed by atoms with E-state index < -0.39 is 10.0 Å². The van der Waals surface area contributed by atoms with E-state index in [4.69, 9.17) is 33.0 Å². The molecule has 1 atom stereocenters. The number of hydrogen-bond donors (Lipinski definition) is 0. The van der Waals surface area contributed by atoms with Crippen molar-refractivity contribution < 1.29 is 13.2 Å². The van der Waals surface area contributed by atoms with Crippen LogP contribution in [0.2, 0.25) is 10.0 Å². The number of halogens is 2. The van der Waals surface area contributed by atoms with E-state index in [-0.39, 0.29) is 0 Å². The summed E-state index contributed by atoms with van der Waals surface area (Å²) >= 11 is 12.7. The first-order chi connectivity index (χ1) is 23.5. The molecular formula is C38H43Cl2N5O3S. The number of fused-ring (bicyclic) bond motifs is 1. The lowest BCUT2D eigenvalue weighted by molar-refractivity contribution is -0.00122. The van der Waals surface area contributed by atoms with E-state index in [1.54, 1.807) is 0 Å². The molecule has 6 rings (SSSR count). The van der Waals surface area contributed by atoms with Crippen molar-refractivity contribution in [2.45, 2.75) is 52.0 Å². The van der Waals surface area contributed by atoms with Crippen molar-refractivity contribution in [1.29, 1.82) is 0 Å². The Bertz CT molecular complexity index is 1930. The van der Waals surface area contributed by atoms with Gasteiger partial charge < -0.3 is 4.74 Å². The zero-order valence-corrected chi connectivity index (χ0v) is 30.7. The molecule has 3 heterocycles. The summed E-state index contributed by atoms with van der Waals surface area (Å²) in [5.74, 6) is 6.55. The Balaban J connectivity index is 1.19. The summed E-state index contributed by atoms with van der Waals surface area (Å²) < 4.78 is 34.3. The lowest BCUT2D eigenvalue weighted by Gasteiger charge is -2.33. The average Bonchev–Trinajstić information content (AvgIpc) is 3.44. The van der Waals surface area contributed by atoms with Gasteiger partial charge in [0.2, 0.25) is 10.0 Å². The summed E-state index contributed by atoms with van der Waals surface area (Å²) in [6.07, 6.45) is 2.84. The van der Waals surface area contributed by atoms with Gasteiger partial charge in [0, 0.05) is 91.2 Å². The van der Waals surface area contributed by atoms with Crippen molar-refractivity contribution >= 4 is 33.2 Å². The minimum Gasteiger partial charge on any atom is -0.379 e. The normalized spacial score (nSPS) is 17.1. The molecule has 0 radical (unpaired) electrons. The third-order valence-corrected chi connectivity index (χ3v) is 11.1. The molecule has 0 saturated carbocycles. The number of benzene rings is 3. The molecule has 8 nitrogen and oxygen atoms in total. The third kappa shape index (κ3) is 9.13. The zero-order valence-electron chi connectivity index (χ0n) is 28.3. The minimum absolute atomic E-state index is 0.300. The molecule has 1 saturated heterocycles. The van der Waals surface area contributed by atoms with Crippen LogP contribution in [-0.4, -0.2) is 84.5 Å². The van der Waals surface area contributed by atoms with Crippen molar-refractivity contribution in [1.82, 2.24) is 23.9 Å². The molecule has 4 aromatic rings. The molecule has 0 N–H and O–H groups in total. The minimum atomic E-state index is -3.35. The van der Waals surface area contributed by atoms with Crippen LogP contribution in [0.15, 0.2) is 66.7 Å². The van der Waals surface area contributed by atoms with Crippen LogP contribution in [0.5, 0.6) is 0 Å². The largest absolute Gasteiger partial charge is 0.379 e. The van der Waals surface area contributed by atoms with Gasteiger partial charge in [-0.15, -0.1) is 0 Å². The summed E-state index contributed by atoms with van der Waals surface area (Å²) in [5.41, 5.74) is 7.73. The number of sulfonamides is 1. The summed E-state index contributed by atoms with van der Waals surface area (Å²) in [6.45, 7) is 8.79. The molecule has 258 valence electrons. The molecule has 2 aliphatic heterocycles. The van der Waals surface area contributed by atoms with E-state index in [1.807, 2.05) is 42.5 Å². The molecule has 0 unspecified atom stereocenters. The quantitative estimate of drug-likeness (QED) is 0.179. The summed E-state index contributed by atoms with van der Waals surface area (Å²) in [6, 6.07) is 22.4. The Hall–Kier alpha value is -3.20. The van der Waals surface area contributed by atoms with Gasteiger partial charge in [-0.25, -0.2) is 8.42 Å². The number of ether oxygens (including phenoxy) is 1. The highest BCUT2D eigenvalue weighted by Gasteiger charge is 2.30. The molecule has 11 heteroatoms. The van der Waals surface area contributed by atoms with E-state index in [9.17, 15) is 8.42 Å². The van der Waals surface area contributed by atoms with Crippen molar-refractivity contribution in [2.24, 2.45) is 0 Å². The van der Waals surface area contributed by atoms with Crippen LogP contribution in [0, 0.1) is 11.8 Å². The fraction of sp³-hybridized carbons (Fsp3) is 0.395. The molecule has 0 bridgehead atoms. The predicted octanol–water partition coefficient (Wildman–Crippen LogP) is 6.32. The van der Waals surface area contributed by atoms with Crippen molar-refractivity contribution in [3.63, 3.8) is 0 Å². The summed E-state index contributed by atoms with van der Waals surface area (Å²) in [4.78, 5) is 4.72. The maximum absolute atomic E-state index is 12.5. The van der Waals surface area contributed by atoms with Crippen LogP contribution in [0.3, 0.4) is 0 Å². The molecule has 1 fully saturated rings. The summed E-state index contributed by atoms with van der Waals surface area (Å²) in [5, 5.41) is 6.38. The smallest absolute Gasteiger partial charge is 0.211 e. The van der Waals surface area contributed by atoms with Gasteiger partial charge in [0.25, 0.3) is 0 Å². The second-order valence-corrected chi connectivity index (χ2v) is 15.9. The Morgan fingerprint density at radius 1 is 0.959 bits per heavy atom. The SMILES string of the molecule is C[C@H]1COCCN1CCCn1nc(-c2ccc(Cl)c(C#Cc3ccc(CN(C)Cc4ccc(Cl)cc4)cc3)c2)c2c1CCN(S(C)(=O)=O)C2. The molecule has 2 aliphatic rings. The number of aromatic nitrogens is 2. The lowest BCUT2D eigenvalue weighted by atomic mass is 10.0. The van der Waals surface area contributed by atoms with Gasteiger partial charge >= 0.3 is 0 Å². The second-order valence-electron chi connectivity index (χ2n) is 13.1. The Labute approximate surface area is 300 Å². The van der Waals surface area contributed by atoms with Crippen LogP contribution in [0.25, 0.3) is 11.3 Å². The van der Waals surface area contributed by atoms with Gasteiger partial charge in [-0.1, -0.05) is 65.4 Å². The van der Waals surface area contributed by atoms with Crippen LogP contribution in [0.4, 0.5) is 0 Å². The van der Waals surface area contributed by atoms with Gasteiger partial charge in [-0.05, 0) is 67.9 Å². The second kappa shape index (κ2) is 15.8. The maximum atomic E-state index is 12.5. The fourth-order valence-electron chi connectivity index (χ4n) is 6.55. The van der Waals surface area contributed by atoms with Gasteiger partial charge in [-0.2, -0.15) is 9.40 Å². The molecule has 1 aromatic heterocycles. The highest BCUT2D eigenvalue weighted by molar-refractivity contribution is 7.88. The number of rotatable bonds is 10. The molecule has 3 aromatic carbocycles. The number of hydrogen-bond acceptors (Lipinski definition) is 6. The first-order valence-corrected chi connectivity index (χ1v) is 19.3. The van der Waals surface area contributed by atoms with E-state index in [2.05, 4.69) is 64.6 Å². The zero-order chi connectivity index (χ0) is 34.5. The fourth-order valence-corrected chi connectivity index (χ4v) is 7.63. The average molecular weight is 721 g/mol. The van der Waals surface area contributed by atoms with Gasteiger partial charge in [0.1, 0.15) is 0 Å². The molecule has 0 amide bonds. The number of nitrogens with zero attached hydrogens (tertiary/aromatic N) is 5. The van der Waals surface area contributed by atoms with E-state index in [0.29, 0.717) is 36.1 Å². The highest BCUT2D eigenvalue weighted by Crippen LogP contribution is 2.33. The Kier molecular flexibility index (Phi) is 11.5. The topological polar surface area (TPSA) is 70.9 Å². The van der Waals surface area contributed by atoms with Crippen LogP contribution in [-0.2, 0) is 47.4 Å². The first kappa shape index (κ1) is 35.6. The molecule has 0 spiro atoms. The highest BCUT2D eigenvalue weighted by atomic mass is 35.5. The third-order valence-electron chi connectivity index (χ3n) is 9.24. The molecular weight excluding hydrogens is 677 g/mol. The monoisotopic (exact) mass is 719 g/mol. The van der Waals surface area contributed by atoms with Crippen LogP contribution < -0.4 is 0 Å². The molecule has 0 aliphatic carbocycles. The van der Waals surface area contributed by atoms with Gasteiger partial charge in [-0.3, -0.25) is 14.5 Å². The van der Waals surface area contributed by atoms with Crippen LogP contribution >= 0.6 is 23.2 Å². The predicted molar refractivity (Wildman–Crippen MR) is 197 cm³/mol. The lowest BCUT2D eigenvalue weighted by Crippen LogP contribution is -2.44. The standard InChI is InChI=1S/C38H43Cl2N5O3S/c1-28-27-48-22-21-43(28)18-4-19-45-37-17-20-44(49(3,46)47)26-35(37)38(41-45)33-13-16-36(40)32(23-33)12-9-29-5-7-30(8-6-29)24-42(2)25-31-10-14-34(39)15-11-31/h5-8,10-11,13-16,23,28H,4,17-22,24-27H2,1-3H3/t28-/m0/s1. The van der Waals surface area contributed by atoms with Crippen molar-refractivity contribution in [3.05, 3.63) is 110 Å². The maximum Gasteiger partial charge on any atom is 0.211 e. The van der Waals surface area contributed by atoms with E-state index in [1.165, 1.54) is 21.7 Å². The first-order valence-electron chi connectivity index (χ1n) is 16.7. The Morgan fingerprint density at radius 2 is 1.67 bits per heavy atom. The molecule has 49 heavy (non-hydrogen) atoms. The summed E-state index contributed by atoms with van der Waals surface area (Å²) in [7, 11) is -1.25. The van der Waals surface area contributed by atoms with Gasteiger partial charge in [0.15, 0.2) is 0 Å². The Morgan fingerprint density at radius 3 is 2.37 bits per heavy atom. The van der Waals surface area contributed by atoms with Crippen molar-refractivity contribution in [2.75, 3.05) is 46.2 Å². The van der Waals surface area contributed by atoms with E-state index >= 15 is 0 Å². The van der Waals surface area contributed by atoms with E-state index in [0.717, 1.165) is 85.5 Å². The number of aryl methyl sites for hydroxylation is 1.